The number of benzene rings is 1. The van der Waals surface area contributed by atoms with Crippen LogP contribution in [0.3, 0.4) is 0 Å². The highest BCUT2D eigenvalue weighted by Crippen LogP contribution is 2.24. The van der Waals surface area contributed by atoms with Gasteiger partial charge in [0, 0.05) is 18.0 Å². The lowest BCUT2D eigenvalue weighted by molar-refractivity contribution is 0.482. The molecule has 102 valence electrons. The highest BCUT2D eigenvalue weighted by atomic mass is 19.1. The normalized spacial score (nSPS) is 12.6. The summed E-state index contributed by atoms with van der Waals surface area (Å²) in [6.07, 6.45) is 3.19. The van der Waals surface area contributed by atoms with Crippen LogP contribution in [0, 0.1) is 5.82 Å². The standard InChI is InChI=1S/C16H20FNO/c1-3-16-13(9-10-19-16)15(18-4-2)11-12-7-5-6-8-14(12)17/h5-10,15,18H,3-4,11H2,1-2H3. The predicted octanol–water partition coefficient (Wildman–Crippen LogP) is 3.87. The summed E-state index contributed by atoms with van der Waals surface area (Å²) in [5.41, 5.74) is 1.87. The van der Waals surface area contributed by atoms with Crippen LogP contribution in [-0.4, -0.2) is 6.54 Å². The van der Waals surface area contributed by atoms with Gasteiger partial charge in [0.15, 0.2) is 0 Å². The molecule has 1 heterocycles. The van der Waals surface area contributed by atoms with Crippen LogP contribution in [0.5, 0.6) is 0 Å². The van der Waals surface area contributed by atoms with Gasteiger partial charge in [0.25, 0.3) is 0 Å². The van der Waals surface area contributed by atoms with Crippen molar-refractivity contribution in [3.8, 4) is 0 Å². The van der Waals surface area contributed by atoms with E-state index >= 15 is 0 Å². The Kier molecular flexibility index (Phi) is 4.74. The molecule has 0 aliphatic heterocycles. The molecule has 1 atom stereocenters. The maximum Gasteiger partial charge on any atom is 0.126 e. The molecule has 0 saturated carbocycles. The zero-order chi connectivity index (χ0) is 13.7. The van der Waals surface area contributed by atoms with E-state index in [1.54, 1.807) is 12.3 Å². The summed E-state index contributed by atoms with van der Waals surface area (Å²) in [6.45, 7) is 4.96. The molecule has 1 unspecified atom stereocenters. The Balaban J connectivity index is 2.24. The van der Waals surface area contributed by atoms with Gasteiger partial charge in [-0.1, -0.05) is 32.0 Å². The van der Waals surface area contributed by atoms with Crippen molar-refractivity contribution in [1.29, 1.82) is 0 Å². The zero-order valence-electron chi connectivity index (χ0n) is 11.4. The van der Waals surface area contributed by atoms with Gasteiger partial charge in [-0.2, -0.15) is 0 Å². The van der Waals surface area contributed by atoms with Gasteiger partial charge in [-0.3, -0.25) is 0 Å². The second-order valence-corrected chi connectivity index (χ2v) is 4.56. The first kappa shape index (κ1) is 13.8. The van der Waals surface area contributed by atoms with Gasteiger partial charge in [0.2, 0.25) is 0 Å². The van der Waals surface area contributed by atoms with Crippen molar-refractivity contribution in [2.24, 2.45) is 0 Å². The van der Waals surface area contributed by atoms with Gasteiger partial charge in [-0.25, -0.2) is 4.39 Å². The van der Waals surface area contributed by atoms with Crippen molar-refractivity contribution in [1.82, 2.24) is 5.32 Å². The molecule has 2 nitrogen and oxygen atoms in total. The lowest BCUT2D eigenvalue weighted by atomic mass is 9.98. The van der Waals surface area contributed by atoms with Gasteiger partial charge in [0.1, 0.15) is 11.6 Å². The molecular weight excluding hydrogens is 241 g/mol. The molecule has 0 radical (unpaired) electrons. The maximum atomic E-state index is 13.8. The van der Waals surface area contributed by atoms with Crippen molar-refractivity contribution in [3.63, 3.8) is 0 Å². The van der Waals surface area contributed by atoms with E-state index in [-0.39, 0.29) is 11.9 Å². The molecule has 0 saturated heterocycles. The Morgan fingerprint density at radius 2 is 2.00 bits per heavy atom. The third kappa shape index (κ3) is 3.24. The fraction of sp³-hybridized carbons (Fsp3) is 0.375. The molecule has 2 aromatic rings. The van der Waals surface area contributed by atoms with E-state index < -0.39 is 0 Å². The first-order valence-electron chi connectivity index (χ1n) is 6.79. The fourth-order valence-corrected chi connectivity index (χ4v) is 2.37. The molecular formula is C16H20FNO. The second-order valence-electron chi connectivity index (χ2n) is 4.56. The number of hydrogen-bond acceptors (Lipinski definition) is 2. The average Bonchev–Trinajstić information content (AvgIpc) is 2.89. The number of halogens is 1. The molecule has 19 heavy (non-hydrogen) atoms. The third-order valence-electron chi connectivity index (χ3n) is 3.31. The topological polar surface area (TPSA) is 25.2 Å². The smallest absolute Gasteiger partial charge is 0.126 e. The molecule has 0 aliphatic rings. The molecule has 0 spiro atoms. The number of furan rings is 1. The average molecular weight is 261 g/mol. The zero-order valence-corrected chi connectivity index (χ0v) is 11.4. The number of rotatable bonds is 6. The van der Waals surface area contributed by atoms with Crippen LogP contribution in [0.4, 0.5) is 4.39 Å². The number of nitrogens with one attached hydrogen (secondary N) is 1. The molecule has 2 rings (SSSR count). The van der Waals surface area contributed by atoms with Crippen molar-refractivity contribution in [2.45, 2.75) is 32.7 Å². The monoisotopic (exact) mass is 261 g/mol. The molecule has 1 aromatic carbocycles. The van der Waals surface area contributed by atoms with Crippen LogP contribution in [0.2, 0.25) is 0 Å². The quantitative estimate of drug-likeness (QED) is 0.853. The highest BCUT2D eigenvalue weighted by molar-refractivity contribution is 5.26. The van der Waals surface area contributed by atoms with Gasteiger partial charge in [0.05, 0.1) is 6.26 Å². The van der Waals surface area contributed by atoms with Gasteiger partial charge in [-0.05, 0) is 30.7 Å². The summed E-state index contributed by atoms with van der Waals surface area (Å²) in [6, 6.07) is 9.01. The summed E-state index contributed by atoms with van der Waals surface area (Å²) >= 11 is 0. The van der Waals surface area contributed by atoms with E-state index in [0.29, 0.717) is 6.42 Å². The van der Waals surface area contributed by atoms with Crippen molar-refractivity contribution >= 4 is 0 Å². The molecule has 0 bridgehead atoms. The molecule has 0 aliphatic carbocycles. The largest absolute Gasteiger partial charge is 0.469 e. The van der Waals surface area contributed by atoms with E-state index in [9.17, 15) is 4.39 Å². The van der Waals surface area contributed by atoms with Gasteiger partial charge in [-0.15, -0.1) is 0 Å². The minimum Gasteiger partial charge on any atom is -0.469 e. The van der Waals surface area contributed by atoms with Crippen molar-refractivity contribution in [2.75, 3.05) is 6.54 Å². The summed E-state index contributed by atoms with van der Waals surface area (Å²) < 4.78 is 19.2. The summed E-state index contributed by atoms with van der Waals surface area (Å²) in [7, 11) is 0. The predicted molar refractivity (Wildman–Crippen MR) is 74.6 cm³/mol. The number of aryl methyl sites for hydroxylation is 1. The van der Waals surface area contributed by atoms with Crippen LogP contribution in [0.1, 0.15) is 36.8 Å². The first-order valence-corrected chi connectivity index (χ1v) is 6.79. The van der Waals surface area contributed by atoms with E-state index in [1.807, 2.05) is 18.2 Å². The molecule has 1 N–H and O–H groups in total. The SMILES string of the molecule is CCNC(Cc1ccccc1F)c1ccoc1CC. The van der Waals surface area contributed by atoms with Crippen LogP contribution in [0.25, 0.3) is 0 Å². The van der Waals surface area contributed by atoms with E-state index in [2.05, 4.69) is 19.2 Å². The molecule has 0 fully saturated rings. The van der Waals surface area contributed by atoms with Crippen molar-refractivity contribution < 1.29 is 8.81 Å². The summed E-state index contributed by atoms with van der Waals surface area (Å²) in [5, 5.41) is 3.41. The van der Waals surface area contributed by atoms with Crippen LogP contribution < -0.4 is 5.32 Å². The Morgan fingerprint density at radius 3 is 2.68 bits per heavy atom. The lowest BCUT2D eigenvalue weighted by Crippen LogP contribution is -2.23. The van der Waals surface area contributed by atoms with Gasteiger partial charge >= 0.3 is 0 Å². The van der Waals surface area contributed by atoms with Crippen LogP contribution in [-0.2, 0) is 12.8 Å². The Bertz CT molecular complexity index is 521. The molecule has 3 heteroatoms. The van der Waals surface area contributed by atoms with Crippen molar-refractivity contribution in [3.05, 3.63) is 59.3 Å². The lowest BCUT2D eigenvalue weighted by Gasteiger charge is -2.18. The van der Waals surface area contributed by atoms with E-state index in [4.69, 9.17) is 4.42 Å². The highest BCUT2D eigenvalue weighted by Gasteiger charge is 2.18. The Hall–Kier alpha value is -1.61. The Morgan fingerprint density at radius 1 is 1.21 bits per heavy atom. The minimum atomic E-state index is -0.146. The summed E-state index contributed by atoms with van der Waals surface area (Å²) in [5.74, 6) is 0.828. The number of hydrogen-bond donors (Lipinski definition) is 1. The van der Waals surface area contributed by atoms with E-state index in [0.717, 1.165) is 29.9 Å². The minimum absolute atomic E-state index is 0.0931. The Labute approximate surface area is 113 Å². The molecule has 1 aromatic heterocycles. The van der Waals surface area contributed by atoms with Crippen LogP contribution in [0.15, 0.2) is 41.0 Å². The number of likely N-dealkylation sites (N-methyl/N-ethyl adjacent to an activating group) is 1. The van der Waals surface area contributed by atoms with E-state index in [1.165, 1.54) is 6.07 Å². The van der Waals surface area contributed by atoms with Crippen LogP contribution >= 0.6 is 0 Å². The first-order chi connectivity index (χ1) is 9.26. The summed E-state index contributed by atoms with van der Waals surface area (Å²) in [4.78, 5) is 0. The second kappa shape index (κ2) is 6.53. The fourth-order valence-electron chi connectivity index (χ4n) is 2.37. The molecule has 0 amide bonds. The van der Waals surface area contributed by atoms with Gasteiger partial charge < -0.3 is 9.73 Å². The third-order valence-corrected chi connectivity index (χ3v) is 3.31. The maximum absolute atomic E-state index is 13.8.